The lowest BCUT2D eigenvalue weighted by Crippen LogP contribution is -2.59. The van der Waals surface area contributed by atoms with E-state index >= 15 is 0 Å². The van der Waals surface area contributed by atoms with Crippen molar-refractivity contribution < 1.29 is 23.5 Å². The van der Waals surface area contributed by atoms with Gasteiger partial charge in [0.1, 0.15) is 11.3 Å². The van der Waals surface area contributed by atoms with E-state index in [1.54, 1.807) is 13.0 Å². The molecule has 1 aromatic rings. The topological polar surface area (TPSA) is 81.0 Å². The zero-order chi connectivity index (χ0) is 18.4. The second kappa shape index (κ2) is 8.68. The van der Waals surface area contributed by atoms with E-state index in [4.69, 9.17) is 13.9 Å². The molecule has 1 aliphatic carbocycles. The van der Waals surface area contributed by atoms with Gasteiger partial charge in [0.2, 0.25) is 0 Å². The van der Waals surface area contributed by atoms with Gasteiger partial charge in [0.15, 0.2) is 6.61 Å². The second-order valence-electron chi connectivity index (χ2n) is 7.13. The van der Waals surface area contributed by atoms with Gasteiger partial charge in [0.25, 0.3) is 5.91 Å². The summed E-state index contributed by atoms with van der Waals surface area (Å²) >= 11 is 0. The highest BCUT2D eigenvalue weighted by Crippen LogP contribution is 2.33. The predicted molar refractivity (Wildman–Crippen MR) is 94.9 cm³/mol. The minimum Gasteiger partial charge on any atom is -0.469 e. The molecule has 2 aliphatic rings. The van der Waals surface area contributed by atoms with Gasteiger partial charge in [-0.15, -0.1) is 0 Å². The number of hydrogen-bond acceptors (Lipinski definition) is 6. The number of carbonyl (C=O) groups is 2. The second-order valence-corrected chi connectivity index (χ2v) is 7.13. The van der Waals surface area contributed by atoms with Gasteiger partial charge in [0.05, 0.1) is 19.5 Å². The van der Waals surface area contributed by atoms with E-state index in [-0.39, 0.29) is 18.1 Å². The summed E-state index contributed by atoms with van der Waals surface area (Å²) in [6.45, 7) is 5.31. The summed E-state index contributed by atoms with van der Waals surface area (Å²) in [6, 6.07) is 1.55. The Hall–Kier alpha value is -1.86. The fourth-order valence-electron chi connectivity index (χ4n) is 3.97. The average molecular weight is 364 g/mol. The minimum atomic E-state index is -0.535. The van der Waals surface area contributed by atoms with Crippen molar-refractivity contribution in [2.75, 3.05) is 39.5 Å². The molecule has 7 nitrogen and oxygen atoms in total. The Kier molecular flexibility index (Phi) is 6.32. The van der Waals surface area contributed by atoms with Crippen LogP contribution in [0, 0.1) is 6.92 Å². The molecule has 1 N–H and O–H groups in total. The van der Waals surface area contributed by atoms with E-state index in [1.165, 1.54) is 25.5 Å². The van der Waals surface area contributed by atoms with Crippen molar-refractivity contribution in [3.63, 3.8) is 0 Å². The molecule has 1 saturated carbocycles. The van der Waals surface area contributed by atoms with E-state index in [1.807, 2.05) is 0 Å². The molecular weight excluding hydrogens is 336 g/mol. The van der Waals surface area contributed by atoms with Gasteiger partial charge in [-0.25, -0.2) is 4.79 Å². The highest BCUT2D eigenvalue weighted by Gasteiger charge is 2.38. The Bertz CT molecular complexity index is 615. The van der Waals surface area contributed by atoms with Gasteiger partial charge in [-0.2, -0.15) is 0 Å². The van der Waals surface area contributed by atoms with Crippen molar-refractivity contribution >= 4 is 11.9 Å². The SMILES string of the molecule is Cc1occc1C(=O)OCC(=O)NCC1(N2CCOCC2)CCCCC1. The molecule has 0 spiro atoms. The lowest BCUT2D eigenvalue weighted by Gasteiger charge is -2.48. The van der Waals surface area contributed by atoms with Crippen LogP contribution in [0.25, 0.3) is 0 Å². The van der Waals surface area contributed by atoms with Crippen molar-refractivity contribution in [1.29, 1.82) is 0 Å². The third-order valence-corrected chi connectivity index (χ3v) is 5.49. The molecule has 2 heterocycles. The number of rotatable bonds is 6. The number of furan rings is 1. The molecule has 144 valence electrons. The van der Waals surface area contributed by atoms with Crippen LogP contribution in [0.15, 0.2) is 16.7 Å². The normalized spacial score (nSPS) is 20.5. The highest BCUT2D eigenvalue weighted by molar-refractivity contribution is 5.92. The zero-order valence-corrected chi connectivity index (χ0v) is 15.4. The van der Waals surface area contributed by atoms with Crippen molar-refractivity contribution in [1.82, 2.24) is 10.2 Å². The number of ether oxygens (including phenoxy) is 2. The first-order valence-electron chi connectivity index (χ1n) is 9.41. The maximum absolute atomic E-state index is 12.2. The summed E-state index contributed by atoms with van der Waals surface area (Å²) < 4.78 is 15.7. The Morgan fingerprint density at radius 2 is 1.96 bits per heavy atom. The Labute approximate surface area is 154 Å². The summed E-state index contributed by atoms with van der Waals surface area (Å²) in [5.41, 5.74) is 0.359. The van der Waals surface area contributed by atoms with Crippen LogP contribution < -0.4 is 5.32 Å². The number of nitrogens with zero attached hydrogens (tertiary/aromatic N) is 1. The lowest BCUT2D eigenvalue weighted by atomic mass is 9.79. The number of nitrogens with one attached hydrogen (secondary N) is 1. The summed E-state index contributed by atoms with van der Waals surface area (Å²) in [6.07, 6.45) is 7.22. The number of esters is 1. The Morgan fingerprint density at radius 1 is 1.23 bits per heavy atom. The molecule has 2 fully saturated rings. The van der Waals surface area contributed by atoms with Gasteiger partial charge in [-0.1, -0.05) is 19.3 Å². The summed E-state index contributed by atoms with van der Waals surface area (Å²) in [7, 11) is 0. The van der Waals surface area contributed by atoms with Crippen molar-refractivity contribution in [3.8, 4) is 0 Å². The fourth-order valence-corrected chi connectivity index (χ4v) is 3.97. The van der Waals surface area contributed by atoms with Crippen molar-refractivity contribution in [2.24, 2.45) is 0 Å². The molecule has 3 rings (SSSR count). The minimum absolute atomic E-state index is 0.00282. The van der Waals surface area contributed by atoms with Gasteiger partial charge in [-0.3, -0.25) is 9.69 Å². The third kappa shape index (κ3) is 4.45. The summed E-state index contributed by atoms with van der Waals surface area (Å²) in [4.78, 5) is 26.6. The van der Waals surface area contributed by atoms with Crippen molar-refractivity contribution in [3.05, 3.63) is 23.7 Å². The van der Waals surface area contributed by atoms with Crippen LogP contribution in [0.5, 0.6) is 0 Å². The molecule has 0 aromatic carbocycles. The van der Waals surface area contributed by atoms with Gasteiger partial charge >= 0.3 is 5.97 Å². The molecule has 26 heavy (non-hydrogen) atoms. The zero-order valence-electron chi connectivity index (χ0n) is 15.4. The number of carbonyl (C=O) groups excluding carboxylic acids is 2. The van der Waals surface area contributed by atoms with Gasteiger partial charge in [-0.05, 0) is 25.8 Å². The molecule has 1 amide bonds. The number of morpholine rings is 1. The molecule has 0 bridgehead atoms. The molecule has 0 radical (unpaired) electrons. The van der Waals surface area contributed by atoms with Crippen LogP contribution in [0.1, 0.15) is 48.2 Å². The van der Waals surface area contributed by atoms with Crippen LogP contribution in [-0.4, -0.2) is 61.8 Å². The molecule has 1 aromatic heterocycles. The summed E-state index contributed by atoms with van der Waals surface area (Å²) in [5.74, 6) is -0.312. The average Bonchev–Trinajstić information content (AvgIpc) is 3.12. The summed E-state index contributed by atoms with van der Waals surface area (Å²) in [5, 5.41) is 2.98. The first-order chi connectivity index (χ1) is 12.6. The van der Waals surface area contributed by atoms with Crippen LogP contribution in [-0.2, 0) is 14.3 Å². The fraction of sp³-hybridized carbons (Fsp3) is 0.684. The lowest BCUT2D eigenvalue weighted by molar-refractivity contribution is -0.125. The predicted octanol–water partition coefficient (Wildman–Crippen LogP) is 1.90. The van der Waals surface area contributed by atoms with Gasteiger partial charge < -0.3 is 19.2 Å². The number of amides is 1. The first kappa shape index (κ1) is 18.9. The smallest absolute Gasteiger partial charge is 0.342 e. The third-order valence-electron chi connectivity index (χ3n) is 5.49. The van der Waals surface area contributed by atoms with Crippen LogP contribution in [0.2, 0.25) is 0 Å². The highest BCUT2D eigenvalue weighted by atomic mass is 16.5. The maximum atomic E-state index is 12.2. The Morgan fingerprint density at radius 3 is 2.62 bits per heavy atom. The van der Waals surface area contributed by atoms with E-state index in [0.717, 1.165) is 39.1 Å². The number of aryl methyl sites for hydroxylation is 1. The standard InChI is InChI=1S/C19H28N2O5/c1-15-16(5-10-25-15)18(23)26-13-17(22)20-14-19(6-3-2-4-7-19)21-8-11-24-12-9-21/h5,10H,2-4,6-9,11-14H2,1H3,(H,20,22). The van der Waals surface area contributed by atoms with E-state index in [2.05, 4.69) is 10.2 Å². The molecule has 7 heteroatoms. The van der Waals surface area contributed by atoms with E-state index < -0.39 is 5.97 Å². The number of hydrogen-bond donors (Lipinski definition) is 1. The first-order valence-corrected chi connectivity index (χ1v) is 9.41. The van der Waals surface area contributed by atoms with Crippen LogP contribution >= 0.6 is 0 Å². The van der Waals surface area contributed by atoms with Crippen LogP contribution in [0.4, 0.5) is 0 Å². The van der Waals surface area contributed by atoms with Gasteiger partial charge in [0, 0.05) is 25.2 Å². The largest absolute Gasteiger partial charge is 0.469 e. The molecule has 0 atom stereocenters. The quantitative estimate of drug-likeness (QED) is 0.777. The van der Waals surface area contributed by atoms with E-state index in [9.17, 15) is 9.59 Å². The molecule has 1 saturated heterocycles. The Balaban J connectivity index is 1.51. The monoisotopic (exact) mass is 364 g/mol. The van der Waals surface area contributed by atoms with Crippen LogP contribution in [0.3, 0.4) is 0 Å². The molecule has 1 aliphatic heterocycles. The molecular formula is C19H28N2O5. The van der Waals surface area contributed by atoms with E-state index in [0.29, 0.717) is 17.9 Å². The maximum Gasteiger partial charge on any atom is 0.342 e. The van der Waals surface area contributed by atoms with Crippen molar-refractivity contribution in [2.45, 2.75) is 44.6 Å². The molecule has 0 unspecified atom stereocenters.